The van der Waals surface area contributed by atoms with Crippen LogP contribution >= 0.6 is 0 Å². The number of ether oxygens (including phenoxy) is 1. The molecule has 15 heavy (non-hydrogen) atoms. The van der Waals surface area contributed by atoms with E-state index in [4.69, 9.17) is 20.7 Å². The van der Waals surface area contributed by atoms with Crippen LogP contribution in [0.2, 0.25) is 0 Å². The van der Waals surface area contributed by atoms with Gasteiger partial charge in [0.2, 0.25) is 0 Å². The zero-order chi connectivity index (χ0) is 11.3. The third-order valence-corrected chi connectivity index (χ3v) is 1.87. The maximum Gasteiger partial charge on any atom is 0.325 e. The van der Waals surface area contributed by atoms with Gasteiger partial charge in [-0.1, -0.05) is 12.1 Å². The molecule has 5 heteroatoms. The van der Waals surface area contributed by atoms with Gasteiger partial charge in [-0.25, -0.2) is 0 Å². The summed E-state index contributed by atoms with van der Waals surface area (Å²) in [5.41, 5.74) is 5.92. The third-order valence-electron chi connectivity index (χ3n) is 1.87. The van der Waals surface area contributed by atoms with Gasteiger partial charge in [-0.15, -0.1) is 0 Å². The van der Waals surface area contributed by atoms with Gasteiger partial charge in [-0.05, 0) is 17.7 Å². The molecule has 1 aromatic carbocycles. The van der Waals surface area contributed by atoms with E-state index in [0.29, 0.717) is 11.3 Å². The number of benzene rings is 1. The molecule has 0 unspecified atom stereocenters. The Balaban J connectivity index is 2.67. The largest absolute Gasteiger partial charge is 0.491 e. The number of aliphatic hydroxyl groups excluding tert-OH is 1. The summed E-state index contributed by atoms with van der Waals surface area (Å²) in [6, 6.07) is 5.40. The topological polar surface area (TPSA) is 92.8 Å². The highest BCUT2D eigenvalue weighted by molar-refractivity contribution is 5.75. The van der Waals surface area contributed by atoms with Gasteiger partial charge >= 0.3 is 5.97 Å². The van der Waals surface area contributed by atoms with Gasteiger partial charge in [0.15, 0.2) is 0 Å². The van der Waals surface area contributed by atoms with Gasteiger partial charge in [0, 0.05) is 0 Å². The quantitative estimate of drug-likeness (QED) is 0.644. The van der Waals surface area contributed by atoms with Crippen LogP contribution in [0.5, 0.6) is 5.75 Å². The van der Waals surface area contributed by atoms with Crippen molar-refractivity contribution in [3.63, 3.8) is 0 Å². The van der Waals surface area contributed by atoms with Gasteiger partial charge in [-0.3, -0.25) is 4.79 Å². The molecule has 4 N–H and O–H groups in total. The highest BCUT2D eigenvalue weighted by atomic mass is 16.5. The standard InChI is InChI=1S/C10H13NO4/c11-9(10(13)14)7-1-3-8(4-2-7)15-6-5-12/h1-4,9,12H,5-6,11H2,(H,13,14)/t9-/m0/s1. The molecular formula is C10H13NO4. The van der Waals surface area contributed by atoms with Crippen molar-refractivity contribution in [1.29, 1.82) is 0 Å². The summed E-state index contributed by atoms with van der Waals surface area (Å²) in [7, 11) is 0. The molecule has 0 aliphatic heterocycles. The van der Waals surface area contributed by atoms with Gasteiger partial charge in [0.1, 0.15) is 18.4 Å². The first-order valence-electron chi connectivity index (χ1n) is 4.47. The summed E-state index contributed by atoms with van der Waals surface area (Å²) < 4.78 is 5.11. The Labute approximate surface area is 87.1 Å². The lowest BCUT2D eigenvalue weighted by Crippen LogP contribution is -2.20. The second kappa shape index (κ2) is 5.33. The van der Waals surface area contributed by atoms with Crippen LogP contribution in [0.15, 0.2) is 24.3 Å². The minimum absolute atomic E-state index is 0.0591. The lowest BCUT2D eigenvalue weighted by molar-refractivity contribution is -0.138. The monoisotopic (exact) mass is 211 g/mol. The highest BCUT2D eigenvalue weighted by Gasteiger charge is 2.13. The van der Waals surface area contributed by atoms with Crippen LogP contribution in [0.1, 0.15) is 11.6 Å². The molecular weight excluding hydrogens is 198 g/mol. The van der Waals surface area contributed by atoms with E-state index in [2.05, 4.69) is 0 Å². The maximum atomic E-state index is 10.6. The van der Waals surface area contributed by atoms with Crippen molar-refractivity contribution in [2.24, 2.45) is 5.73 Å². The number of hydrogen-bond acceptors (Lipinski definition) is 4. The van der Waals surface area contributed by atoms with E-state index in [0.717, 1.165) is 0 Å². The van der Waals surface area contributed by atoms with Gasteiger partial charge in [0.05, 0.1) is 6.61 Å². The number of nitrogens with two attached hydrogens (primary N) is 1. The molecule has 0 bridgehead atoms. The molecule has 0 aromatic heterocycles. The molecule has 0 aliphatic carbocycles. The summed E-state index contributed by atoms with van der Waals surface area (Å²) in [4.78, 5) is 10.6. The summed E-state index contributed by atoms with van der Waals surface area (Å²) in [6.45, 7) is 0.153. The van der Waals surface area contributed by atoms with Crippen LogP contribution in [0.25, 0.3) is 0 Å². The van der Waals surface area contributed by atoms with Crippen molar-refractivity contribution in [3.05, 3.63) is 29.8 Å². The SMILES string of the molecule is N[C@H](C(=O)O)c1ccc(OCCO)cc1. The second-order valence-electron chi connectivity index (χ2n) is 2.96. The molecule has 1 atom stereocenters. The van der Waals surface area contributed by atoms with Crippen molar-refractivity contribution in [2.45, 2.75) is 6.04 Å². The molecule has 82 valence electrons. The summed E-state index contributed by atoms with van der Waals surface area (Å²) in [5.74, 6) is -0.496. The molecule has 0 radical (unpaired) electrons. The van der Waals surface area contributed by atoms with Crippen LogP contribution in [0.4, 0.5) is 0 Å². The highest BCUT2D eigenvalue weighted by Crippen LogP contribution is 2.16. The van der Waals surface area contributed by atoms with Crippen LogP contribution in [0.3, 0.4) is 0 Å². The fourth-order valence-corrected chi connectivity index (χ4v) is 1.08. The van der Waals surface area contributed by atoms with Crippen molar-refractivity contribution < 1.29 is 19.7 Å². The summed E-state index contributed by atoms with van der Waals surface area (Å²) >= 11 is 0. The Morgan fingerprint density at radius 1 is 1.40 bits per heavy atom. The number of carboxylic acid groups (broad SMARTS) is 1. The van der Waals surface area contributed by atoms with Crippen molar-refractivity contribution in [1.82, 2.24) is 0 Å². The normalized spacial score (nSPS) is 12.1. The molecule has 0 spiro atoms. The van der Waals surface area contributed by atoms with E-state index < -0.39 is 12.0 Å². The minimum Gasteiger partial charge on any atom is -0.491 e. The lowest BCUT2D eigenvalue weighted by atomic mass is 10.1. The minimum atomic E-state index is -1.07. The van der Waals surface area contributed by atoms with E-state index in [-0.39, 0.29) is 13.2 Å². The van der Waals surface area contributed by atoms with E-state index in [1.54, 1.807) is 24.3 Å². The fraction of sp³-hybridized carbons (Fsp3) is 0.300. The van der Waals surface area contributed by atoms with Gasteiger partial charge in [-0.2, -0.15) is 0 Å². The molecule has 1 aromatic rings. The summed E-state index contributed by atoms with van der Waals surface area (Å²) in [5, 5.41) is 17.2. The van der Waals surface area contributed by atoms with E-state index in [9.17, 15) is 4.79 Å². The lowest BCUT2D eigenvalue weighted by Gasteiger charge is -2.08. The first-order chi connectivity index (χ1) is 7.15. The predicted molar refractivity (Wildman–Crippen MR) is 53.6 cm³/mol. The molecule has 0 saturated carbocycles. The van der Waals surface area contributed by atoms with E-state index in [1.807, 2.05) is 0 Å². The zero-order valence-electron chi connectivity index (χ0n) is 8.09. The second-order valence-corrected chi connectivity index (χ2v) is 2.96. The number of hydrogen-bond donors (Lipinski definition) is 3. The van der Waals surface area contributed by atoms with Gasteiger partial charge in [0.25, 0.3) is 0 Å². The predicted octanol–water partition coefficient (Wildman–Crippen LogP) is 0.142. The molecule has 5 nitrogen and oxygen atoms in total. The first kappa shape index (κ1) is 11.5. The molecule has 0 fully saturated rings. The number of carbonyl (C=O) groups is 1. The van der Waals surface area contributed by atoms with Crippen LogP contribution in [-0.4, -0.2) is 29.4 Å². The smallest absolute Gasteiger partial charge is 0.325 e. The molecule has 1 rings (SSSR count). The Bertz CT molecular complexity index is 323. The van der Waals surface area contributed by atoms with E-state index >= 15 is 0 Å². The third kappa shape index (κ3) is 3.23. The zero-order valence-corrected chi connectivity index (χ0v) is 8.09. The number of rotatable bonds is 5. The van der Waals surface area contributed by atoms with Crippen molar-refractivity contribution in [3.8, 4) is 5.75 Å². The molecule has 0 heterocycles. The molecule has 0 aliphatic rings. The maximum absolute atomic E-state index is 10.6. The van der Waals surface area contributed by atoms with Crippen molar-refractivity contribution in [2.75, 3.05) is 13.2 Å². The first-order valence-corrected chi connectivity index (χ1v) is 4.47. The summed E-state index contributed by atoms with van der Waals surface area (Å²) in [6.07, 6.45) is 0. The number of carboxylic acids is 1. The van der Waals surface area contributed by atoms with E-state index in [1.165, 1.54) is 0 Å². The Morgan fingerprint density at radius 3 is 2.47 bits per heavy atom. The number of aliphatic carboxylic acids is 1. The van der Waals surface area contributed by atoms with Crippen LogP contribution in [-0.2, 0) is 4.79 Å². The molecule has 0 saturated heterocycles. The number of aliphatic hydroxyl groups is 1. The van der Waals surface area contributed by atoms with Crippen LogP contribution < -0.4 is 10.5 Å². The average molecular weight is 211 g/mol. The Hall–Kier alpha value is -1.59. The van der Waals surface area contributed by atoms with Gasteiger partial charge < -0.3 is 20.7 Å². The molecule has 0 amide bonds. The Morgan fingerprint density at radius 2 is 2.00 bits per heavy atom. The van der Waals surface area contributed by atoms with Crippen molar-refractivity contribution >= 4 is 5.97 Å². The Kier molecular flexibility index (Phi) is 4.08. The fourth-order valence-electron chi connectivity index (χ4n) is 1.08. The average Bonchev–Trinajstić information content (AvgIpc) is 2.26. The van der Waals surface area contributed by atoms with Crippen LogP contribution in [0, 0.1) is 0 Å².